The number of fused-ring (bicyclic) bond motifs is 4. The summed E-state index contributed by atoms with van der Waals surface area (Å²) in [6.45, 7) is 6.53. The Morgan fingerprint density at radius 1 is 1.19 bits per heavy atom. The van der Waals surface area contributed by atoms with Gasteiger partial charge in [0.2, 0.25) is 0 Å². The van der Waals surface area contributed by atoms with Crippen molar-refractivity contribution in [3.05, 3.63) is 47.0 Å². The normalized spacial score (nSPS) is 32.7. The number of nitrogens with zero attached hydrogens (tertiary/aromatic N) is 1. The molecule has 1 fully saturated rings. The minimum Gasteiger partial charge on any atom is -0.294 e. The minimum absolute atomic E-state index is 0.114. The van der Waals surface area contributed by atoms with E-state index in [1.807, 2.05) is 12.1 Å². The predicted octanol–water partition coefficient (Wildman–Crippen LogP) is 4.17. The number of hydrogen-bond acceptors (Lipinski definition) is 2. The van der Waals surface area contributed by atoms with Gasteiger partial charge in [0.05, 0.1) is 5.54 Å². The van der Waals surface area contributed by atoms with Gasteiger partial charge in [-0.25, -0.2) is 0 Å². The molecule has 0 spiro atoms. The topological polar surface area (TPSA) is 29.4 Å². The summed E-state index contributed by atoms with van der Waals surface area (Å²) in [6, 6.07) is 8.18. The van der Waals surface area contributed by atoms with E-state index < -0.39 is 0 Å². The number of carbonyl (C=O) groups excluding carboxylic acids is 1. The van der Waals surface area contributed by atoms with Gasteiger partial charge in [0, 0.05) is 23.1 Å². The zero-order valence-electron chi connectivity index (χ0n) is 12.9. The van der Waals surface area contributed by atoms with E-state index >= 15 is 0 Å². The third kappa shape index (κ3) is 1.85. The Bertz CT molecular complexity index is 695. The molecule has 0 amide bonds. The Morgan fingerprint density at radius 2 is 1.95 bits per heavy atom. The van der Waals surface area contributed by atoms with E-state index in [1.54, 1.807) is 0 Å². The Balaban J connectivity index is 1.77. The fourth-order valence-electron chi connectivity index (χ4n) is 4.56. The highest BCUT2D eigenvalue weighted by Crippen LogP contribution is 2.50. The number of dihydropyridines is 1. The Morgan fingerprint density at radius 3 is 2.76 bits per heavy atom. The molecule has 2 nitrogen and oxygen atoms in total. The standard InChI is InChI=1S/C19H21NO/c1-11-10-19(2,3)20-17-9-16-15(8-14(11)17)12-6-4-5-7-13(12)18(16)21/h4-7,10,14-16H,8-9H2,1-3H3. The zero-order valence-corrected chi connectivity index (χ0v) is 12.9. The van der Waals surface area contributed by atoms with Crippen LogP contribution in [0.2, 0.25) is 0 Å². The second-order valence-electron chi connectivity index (χ2n) is 7.30. The van der Waals surface area contributed by atoms with Crippen molar-refractivity contribution in [1.82, 2.24) is 0 Å². The molecule has 3 unspecified atom stereocenters. The molecular formula is C19H21NO. The Labute approximate surface area is 126 Å². The molecule has 2 heteroatoms. The highest BCUT2D eigenvalue weighted by molar-refractivity contribution is 6.07. The Hall–Kier alpha value is -1.70. The van der Waals surface area contributed by atoms with E-state index in [0.717, 1.165) is 18.4 Å². The molecule has 1 aliphatic heterocycles. The molecular weight excluding hydrogens is 258 g/mol. The lowest BCUT2D eigenvalue weighted by Gasteiger charge is -2.38. The summed E-state index contributed by atoms with van der Waals surface area (Å²) >= 11 is 0. The number of ketones is 1. The molecule has 108 valence electrons. The number of allylic oxidation sites excluding steroid dienone is 1. The first-order chi connectivity index (χ1) is 9.96. The molecule has 0 aromatic heterocycles. The summed E-state index contributed by atoms with van der Waals surface area (Å²) < 4.78 is 0. The van der Waals surface area contributed by atoms with Gasteiger partial charge in [0.25, 0.3) is 0 Å². The maximum atomic E-state index is 12.7. The summed E-state index contributed by atoms with van der Waals surface area (Å²) in [5, 5.41) is 0. The summed E-state index contributed by atoms with van der Waals surface area (Å²) in [4.78, 5) is 17.6. The quantitative estimate of drug-likeness (QED) is 0.655. The SMILES string of the molecule is CC1=CC(C)(C)N=C2CC3C(=O)c4ccccc4C3CC12. The van der Waals surface area contributed by atoms with Gasteiger partial charge in [-0.05, 0) is 45.1 Å². The van der Waals surface area contributed by atoms with Crippen molar-refractivity contribution in [3.8, 4) is 0 Å². The zero-order chi connectivity index (χ0) is 14.8. The molecule has 3 atom stereocenters. The summed E-state index contributed by atoms with van der Waals surface area (Å²) in [5.74, 6) is 1.29. The van der Waals surface area contributed by atoms with Crippen molar-refractivity contribution in [2.45, 2.75) is 45.1 Å². The number of aliphatic imine (C=N–C) groups is 1. The molecule has 0 radical (unpaired) electrons. The average molecular weight is 279 g/mol. The third-order valence-electron chi connectivity index (χ3n) is 5.33. The average Bonchev–Trinajstić information content (AvgIpc) is 2.70. The van der Waals surface area contributed by atoms with Gasteiger partial charge < -0.3 is 0 Å². The first kappa shape index (κ1) is 13.0. The maximum Gasteiger partial charge on any atom is 0.167 e. The first-order valence-corrected chi connectivity index (χ1v) is 7.87. The van der Waals surface area contributed by atoms with E-state index in [0.29, 0.717) is 17.6 Å². The first-order valence-electron chi connectivity index (χ1n) is 7.87. The lowest BCUT2D eigenvalue weighted by molar-refractivity contribution is 0.0916. The third-order valence-corrected chi connectivity index (χ3v) is 5.33. The van der Waals surface area contributed by atoms with Gasteiger partial charge in [-0.2, -0.15) is 0 Å². The molecule has 0 N–H and O–H groups in total. The van der Waals surface area contributed by atoms with Crippen LogP contribution in [0.25, 0.3) is 0 Å². The lowest BCUT2D eigenvalue weighted by atomic mass is 9.69. The number of rotatable bonds is 0. The van der Waals surface area contributed by atoms with Crippen LogP contribution in [0, 0.1) is 11.8 Å². The molecule has 0 saturated heterocycles. The number of carbonyl (C=O) groups is 1. The van der Waals surface area contributed by atoms with Crippen molar-refractivity contribution < 1.29 is 4.79 Å². The smallest absolute Gasteiger partial charge is 0.167 e. The van der Waals surface area contributed by atoms with E-state index in [-0.39, 0.29) is 11.5 Å². The number of Topliss-reactive ketones (excluding diaryl/α,β-unsaturated/α-hetero) is 1. The van der Waals surface area contributed by atoms with Crippen LogP contribution in [-0.2, 0) is 0 Å². The van der Waals surface area contributed by atoms with Crippen molar-refractivity contribution in [1.29, 1.82) is 0 Å². The largest absolute Gasteiger partial charge is 0.294 e. The van der Waals surface area contributed by atoms with Gasteiger partial charge in [0.15, 0.2) is 5.78 Å². The van der Waals surface area contributed by atoms with Crippen LogP contribution in [0.1, 0.15) is 55.5 Å². The van der Waals surface area contributed by atoms with Crippen LogP contribution in [0.4, 0.5) is 0 Å². The maximum absolute atomic E-state index is 12.7. The van der Waals surface area contributed by atoms with Crippen LogP contribution in [0.3, 0.4) is 0 Å². The van der Waals surface area contributed by atoms with Crippen LogP contribution in [-0.4, -0.2) is 17.0 Å². The second-order valence-corrected chi connectivity index (χ2v) is 7.30. The molecule has 4 rings (SSSR count). The van der Waals surface area contributed by atoms with Crippen molar-refractivity contribution >= 4 is 11.5 Å². The van der Waals surface area contributed by atoms with E-state index in [1.165, 1.54) is 16.8 Å². The molecule has 1 aromatic rings. The summed E-state index contributed by atoms with van der Waals surface area (Å²) in [7, 11) is 0. The summed E-state index contributed by atoms with van der Waals surface area (Å²) in [5.41, 5.74) is 4.79. The summed E-state index contributed by atoms with van der Waals surface area (Å²) in [6.07, 6.45) is 4.19. The molecule has 1 aromatic carbocycles. The van der Waals surface area contributed by atoms with E-state index in [2.05, 4.69) is 39.0 Å². The fraction of sp³-hybridized carbons (Fsp3) is 0.474. The lowest BCUT2D eigenvalue weighted by Crippen LogP contribution is -2.37. The van der Waals surface area contributed by atoms with Crippen molar-refractivity contribution in [2.75, 3.05) is 0 Å². The van der Waals surface area contributed by atoms with Crippen LogP contribution < -0.4 is 0 Å². The van der Waals surface area contributed by atoms with Gasteiger partial charge in [0.1, 0.15) is 0 Å². The molecule has 21 heavy (non-hydrogen) atoms. The molecule has 0 bridgehead atoms. The molecule has 3 aliphatic rings. The van der Waals surface area contributed by atoms with Crippen molar-refractivity contribution in [3.63, 3.8) is 0 Å². The van der Waals surface area contributed by atoms with Gasteiger partial charge in [-0.15, -0.1) is 0 Å². The van der Waals surface area contributed by atoms with Crippen LogP contribution in [0.15, 0.2) is 40.9 Å². The molecule has 1 heterocycles. The van der Waals surface area contributed by atoms with Crippen molar-refractivity contribution in [2.24, 2.45) is 16.8 Å². The monoisotopic (exact) mass is 279 g/mol. The van der Waals surface area contributed by atoms with Crippen LogP contribution in [0.5, 0.6) is 0 Å². The fourth-order valence-corrected chi connectivity index (χ4v) is 4.56. The van der Waals surface area contributed by atoms with E-state index in [4.69, 9.17) is 4.99 Å². The Kier molecular flexibility index (Phi) is 2.57. The highest BCUT2D eigenvalue weighted by atomic mass is 16.1. The second kappa shape index (κ2) is 4.16. The van der Waals surface area contributed by atoms with Gasteiger partial charge >= 0.3 is 0 Å². The molecule has 1 saturated carbocycles. The minimum atomic E-state index is -0.114. The number of benzene rings is 1. The predicted molar refractivity (Wildman–Crippen MR) is 85.0 cm³/mol. The molecule has 2 aliphatic carbocycles. The van der Waals surface area contributed by atoms with Crippen LogP contribution >= 0.6 is 0 Å². The highest BCUT2D eigenvalue weighted by Gasteiger charge is 2.46. The van der Waals surface area contributed by atoms with Gasteiger partial charge in [-0.1, -0.05) is 35.9 Å². The number of hydrogen-bond donors (Lipinski definition) is 0. The van der Waals surface area contributed by atoms with Gasteiger partial charge in [-0.3, -0.25) is 9.79 Å². The van der Waals surface area contributed by atoms with E-state index in [9.17, 15) is 4.79 Å².